The molecule has 2 fully saturated rings. The third-order valence-electron chi connectivity index (χ3n) is 5.84. The van der Waals surface area contributed by atoms with Crippen LogP contribution in [0.15, 0.2) is 60.7 Å². The first-order valence-electron chi connectivity index (χ1n) is 9.22. The first kappa shape index (κ1) is 16.5. The molecule has 0 aromatic heterocycles. The number of ketones is 1. The van der Waals surface area contributed by atoms with E-state index < -0.39 is 0 Å². The lowest BCUT2D eigenvalue weighted by Gasteiger charge is -2.31. The van der Waals surface area contributed by atoms with Crippen LogP contribution < -0.4 is 0 Å². The summed E-state index contributed by atoms with van der Waals surface area (Å²) in [7, 11) is 0. The second-order valence-electron chi connectivity index (χ2n) is 7.18. The molecule has 4 atom stereocenters. The third kappa shape index (κ3) is 3.14. The van der Waals surface area contributed by atoms with Gasteiger partial charge in [-0.25, -0.2) is 0 Å². The number of hydrogen-bond acceptors (Lipinski definition) is 3. The second-order valence-corrected chi connectivity index (χ2v) is 7.18. The monoisotopic (exact) mass is 335 g/mol. The maximum Gasteiger partial charge on any atom is 0.140 e. The average molecular weight is 335 g/mol. The van der Waals surface area contributed by atoms with Crippen LogP contribution >= 0.6 is 0 Å². The van der Waals surface area contributed by atoms with Gasteiger partial charge in [-0.05, 0) is 18.1 Å². The highest BCUT2D eigenvalue weighted by molar-refractivity contribution is 5.83. The molecule has 0 unspecified atom stereocenters. The predicted molar refractivity (Wildman–Crippen MR) is 98.5 cm³/mol. The van der Waals surface area contributed by atoms with Gasteiger partial charge in [0.1, 0.15) is 5.78 Å². The summed E-state index contributed by atoms with van der Waals surface area (Å²) in [6, 6.07) is 21.5. The Morgan fingerprint density at radius 1 is 1.04 bits per heavy atom. The fourth-order valence-corrected chi connectivity index (χ4v) is 4.51. The van der Waals surface area contributed by atoms with Crippen molar-refractivity contribution in [3.63, 3.8) is 0 Å². The molecule has 3 heteroatoms. The first-order chi connectivity index (χ1) is 12.3. The van der Waals surface area contributed by atoms with Crippen LogP contribution in [0.25, 0.3) is 0 Å². The van der Waals surface area contributed by atoms with E-state index in [2.05, 4.69) is 60.4 Å². The Kier molecular flexibility index (Phi) is 4.69. The first-order valence-corrected chi connectivity index (χ1v) is 9.22. The molecule has 3 nitrogen and oxygen atoms in total. The van der Waals surface area contributed by atoms with Gasteiger partial charge >= 0.3 is 0 Å². The summed E-state index contributed by atoms with van der Waals surface area (Å²) < 4.78 is 5.82. The zero-order valence-electron chi connectivity index (χ0n) is 14.7. The van der Waals surface area contributed by atoms with E-state index in [0.29, 0.717) is 25.4 Å². The zero-order chi connectivity index (χ0) is 17.2. The van der Waals surface area contributed by atoms with Gasteiger partial charge in [0.05, 0.1) is 13.2 Å². The standard InChI is InChI=1S/C22H25NO2/c1-16(17-8-4-2-5-9-17)23-14-19(18-10-6-3-7-11-18)22-20(23)15-25-13-12-21(22)24/h2-11,16,19-20,22H,12-15H2,1H3/t16-,19-,20-,22-/m1/s1. The molecule has 2 saturated heterocycles. The fraction of sp³-hybridized carbons (Fsp3) is 0.409. The van der Waals surface area contributed by atoms with Crippen LogP contribution in [0.5, 0.6) is 0 Å². The number of carbonyl (C=O) groups is 1. The van der Waals surface area contributed by atoms with Gasteiger partial charge in [-0.15, -0.1) is 0 Å². The molecule has 4 rings (SSSR count). The van der Waals surface area contributed by atoms with Crippen LogP contribution in [0.1, 0.15) is 36.4 Å². The quantitative estimate of drug-likeness (QED) is 0.854. The van der Waals surface area contributed by atoms with Gasteiger partial charge in [0.15, 0.2) is 0 Å². The summed E-state index contributed by atoms with van der Waals surface area (Å²) in [5, 5.41) is 0. The maximum absolute atomic E-state index is 12.9. The summed E-state index contributed by atoms with van der Waals surface area (Å²) in [4.78, 5) is 15.4. The Balaban J connectivity index is 1.69. The molecule has 2 aliphatic heterocycles. The Morgan fingerprint density at radius 2 is 1.72 bits per heavy atom. The van der Waals surface area contributed by atoms with Crippen LogP contribution in [0.4, 0.5) is 0 Å². The minimum atomic E-state index is 0.0380. The van der Waals surface area contributed by atoms with Gasteiger partial charge in [0.2, 0.25) is 0 Å². The number of nitrogens with zero attached hydrogens (tertiary/aromatic N) is 1. The molecule has 2 aromatic rings. The lowest BCUT2D eigenvalue weighted by molar-refractivity contribution is -0.123. The van der Waals surface area contributed by atoms with Crippen molar-refractivity contribution < 1.29 is 9.53 Å². The number of rotatable bonds is 3. The van der Waals surface area contributed by atoms with E-state index in [0.717, 1.165) is 6.54 Å². The van der Waals surface area contributed by atoms with Crippen LogP contribution in [0.3, 0.4) is 0 Å². The van der Waals surface area contributed by atoms with E-state index in [1.54, 1.807) is 0 Å². The number of benzene rings is 2. The molecular weight excluding hydrogens is 310 g/mol. The van der Waals surface area contributed by atoms with E-state index in [-0.39, 0.29) is 23.9 Å². The van der Waals surface area contributed by atoms with Gasteiger partial charge in [-0.2, -0.15) is 0 Å². The van der Waals surface area contributed by atoms with Crippen LogP contribution in [0, 0.1) is 5.92 Å². The van der Waals surface area contributed by atoms with Crippen LogP contribution in [0.2, 0.25) is 0 Å². The molecule has 2 aromatic carbocycles. The van der Waals surface area contributed by atoms with Crippen LogP contribution in [-0.2, 0) is 9.53 Å². The van der Waals surface area contributed by atoms with Crippen molar-refractivity contribution in [2.45, 2.75) is 31.3 Å². The SMILES string of the molecule is C[C@H](c1ccccc1)N1C[C@H](c2ccccc2)[C@H]2C(=O)CCOC[C@H]21. The van der Waals surface area contributed by atoms with E-state index in [9.17, 15) is 4.79 Å². The number of Topliss-reactive ketones (excluding diaryl/α,β-unsaturated/α-hetero) is 1. The van der Waals surface area contributed by atoms with E-state index >= 15 is 0 Å². The molecule has 0 N–H and O–H groups in total. The second kappa shape index (κ2) is 7.11. The van der Waals surface area contributed by atoms with Gasteiger partial charge in [0, 0.05) is 36.9 Å². The molecule has 0 radical (unpaired) electrons. The lowest BCUT2D eigenvalue weighted by Crippen LogP contribution is -2.39. The van der Waals surface area contributed by atoms with Gasteiger partial charge in [0.25, 0.3) is 0 Å². The molecule has 0 bridgehead atoms. The Hall–Kier alpha value is -1.97. The molecular formula is C22H25NO2. The van der Waals surface area contributed by atoms with Gasteiger partial charge in [-0.1, -0.05) is 60.7 Å². The van der Waals surface area contributed by atoms with Crippen molar-refractivity contribution in [2.75, 3.05) is 19.8 Å². The minimum Gasteiger partial charge on any atom is -0.379 e. The summed E-state index contributed by atoms with van der Waals surface area (Å²) in [5.41, 5.74) is 2.57. The summed E-state index contributed by atoms with van der Waals surface area (Å²) >= 11 is 0. The van der Waals surface area contributed by atoms with Crippen molar-refractivity contribution in [2.24, 2.45) is 5.92 Å². The van der Waals surface area contributed by atoms with Gasteiger partial charge in [-0.3, -0.25) is 9.69 Å². The molecule has 0 saturated carbocycles. The van der Waals surface area contributed by atoms with E-state index in [1.807, 2.05) is 12.1 Å². The summed E-state index contributed by atoms with van der Waals surface area (Å²) in [6.07, 6.45) is 0.540. The molecule has 0 amide bonds. The molecule has 0 spiro atoms. The lowest BCUT2D eigenvalue weighted by atomic mass is 9.82. The Labute approximate surface area is 149 Å². The highest BCUT2D eigenvalue weighted by atomic mass is 16.5. The van der Waals surface area contributed by atoms with E-state index in [1.165, 1.54) is 11.1 Å². The minimum absolute atomic E-state index is 0.0380. The predicted octanol–water partition coefficient (Wildman–Crippen LogP) is 3.82. The third-order valence-corrected chi connectivity index (χ3v) is 5.84. The van der Waals surface area contributed by atoms with Crippen molar-refractivity contribution in [1.29, 1.82) is 0 Å². The number of hydrogen-bond donors (Lipinski definition) is 0. The molecule has 0 aliphatic carbocycles. The number of carbonyl (C=O) groups excluding carboxylic acids is 1. The molecule has 2 aliphatic rings. The highest BCUT2D eigenvalue weighted by Crippen LogP contribution is 2.43. The maximum atomic E-state index is 12.9. The number of ether oxygens (including phenoxy) is 1. The Morgan fingerprint density at radius 3 is 2.44 bits per heavy atom. The summed E-state index contributed by atoms with van der Waals surface area (Å²) in [5.74, 6) is 0.654. The smallest absolute Gasteiger partial charge is 0.140 e. The van der Waals surface area contributed by atoms with Crippen molar-refractivity contribution in [3.8, 4) is 0 Å². The van der Waals surface area contributed by atoms with E-state index in [4.69, 9.17) is 4.74 Å². The number of likely N-dealkylation sites (tertiary alicyclic amines) is 1. The zero-order valence-corrected chi connectivity index (χ0v) is 14.7. The van der Waals surface area contributed by atoms with Crippen molar-refractivity contribution in [3.05, 3.63) is 71.8 Å². The average Bonchev–Trinajstić information content (AvgIpc) is 2.95. The molecule has 130 valence electrons. The topological polar surface area (TPSA) is 29.5 Å². The van der Waals surface area contributed by atoms with Crippen molar-refractivity contribution >= 4 is 5.78 Å². The van der Waals surface area contributed by atoms with Crippen molar-refractivity contribution in [1.82, 2.24) is 4.90 Å². The largest absolute Gasteiger partial charge is 0.379 e. The normalized spacial score (nSPS) is 28.4. The Bertz CT molecular complexity index is 715. The molecule has 25 heavy (non-hydrogen) atoms. The van der Waals surface area contributed by atoms with Crippen LogP contribution in [-0.4, -0.2) is 36.5 Å². The molecule has 2 heterocycles. The fourth-order valence-electron chi connectivity index (χ4n) is 4.51. The highest BCUT2D eigenvalue weighted by Gasteiger charge is 2.48. The van der Waals surface area contributed by atoms with Gasteiger partial charge < -0.3 is 4.74 Å². The summed E-state index contributed by atoms with van der Waals surface area (Å²) in [6.45, 7) is 4.36. The number of fused-ring (bicyclic) bond motifs is 1.